The van der Waals surface area contributed by atoms with Gasteiger partial charge in [-0.15, -0.1) is 0 Å². The molecule has 2 amide bonds. The van der Waals surface area contributed by atoms with Gasteiger partial charge in [0, 0.05) is 15.6 Å². The molecule has 3 aromatic carbocycles. The molecule has 1 heterocycles. The van der Waals surface area contributed by atoms with Crippen LogP contribution in [0.15, 0.2) is 65.6 Å². The molecule has 5 nitrogen and oxygen atoms in total. The molecule has 0 N–H and O–H groups in total. The van der Waals surface area contributed by atoms with Crippen molar-refractivity contribution < 1.29 is 23.5 Å². The van der Waals surface area contributed by atoms with Crippen molar-refractivity contribution in [2.24, 2.45) is 0 Å². The summed E-state index contributed by atoms with van der Waals surface area (Å²) in [5, 5.41) is 0.112. The molecule has 0 unspecified atom stereocenters. The summed E-state index contributed by atoms with van der Waals surface area (Å²) in [7, 11) is 0. The van der Waals surface area contributed by atoms with Crippen molar-refractivity contribution in [3.05, 3.63) is 103 Å². The van der Waals surface area contributed by atoms with Crippen molar-refractivity contribution in [3.63, 3.8) is 0 Å². The summed E-state index contributed by atoms with van der Waals surface area (Å²) in [5.41, 5.74) is 0.716. The Morgan fingerprint density at radius 2 is 1.76 bits per heavy atom. The van der Waals surface area contributed by atoms with E-state index in [4.69, 9.17) is 39.5 Å². The van der Waals surface area contributed by atoms with Crippen molar-refractivity contribution in [2.45, 2.75) is 6.54 Å². The average Bonchev–Trinajstić information content (AvgIpc) is 3.03. The Morgan fingerprint density at radius 3 is 2.50 bits per heavy atom. The second kappa shape index (κ2) is 10.2. The van der Waals surface area contributed by atoms with E-state index in [1.165, 1.54) is 48.5 Å². The Morgan fingerprint density at radius 1 is 1.00 bits per heavy atom. The SMILES string of the molecule is O=C(Oc1cccc(/C=C2\SC(=O)N(Cc3c(F)cccc3Cl)C2=O)c1)c1ccc(Cl)cc1Cl. The smallest absolute Gasteiger partial charge is 0.345 e. The van der Waals surface area contributed by atoms with Crippen LogP contribution in [0.5, 0.6) is 5.75 Å². The molecule has 10 heteroatoms. The molecule has 1 aliphatic heterocycles. The highest BCUT2D eigenvalue weighted by molar-refractivity contribution is 8.18. The van der Waals surface area contributed by atoms with E-state index in [2.05, 4.69) is 0 Å². The van der Waals surface area contributed by atoms with E-state index in [-0.39, 0.29) is 38.4 Å². The summed E-state index contributed by atoms with van der Waals surface area (Å²) < 4.78 is 19.5. The Balaban J connectivity index is 1.52. The van der Waals surface area contributed by atoms with Crippen LogP contribution in [0.2, 0.25) is 15.1 Å². The third-order valence-corrected chi connectivity index (χ3v) is 6.58. The number of imide groups is 1. The Kier molecular flexibility index (Phi) is 7.28. The average molecular weight is 537 g/mol. The number of thioether (sulfide) groups is 1. The molecule has 3 aromatic rings. The highest BCUT2D eigenvalue weighted by Gasteiger charge is 2.35. The van der Waals surface area contributed by atoms with Crippen LogP contribution in [0, 0.1) is 5.82 Å². The number of amides is 2. The lowest BCUT2D eigenvalue weighted by atomic mass is 10.1. The number of nitrogens with zero attached hydrogens (tertiary/aromatic N) is 1. The minimum atomic E-state index is -0.680. The van der Waals surface area contributed by atoms with Crippen LogP contribution < -0.4 is 4.74 Å². The molecular weight excluding hydrogens is 524 g/mol. The van der Waals surface area contributed by atoms with Gasteiger partial charge < -0.3 is 4.74 Å². The maximum atomic E-state index is 14.1. The Hall–Kier alpha value is -2.84. The summed E-state index contributed by atoms with van der Waals surface area (Å²) >= 11 is 18.7. The molecule has 172 valence electrons. The fourth-order valence-electron chi connectivity index (χ4n) is 3.11. The standard InChI is InChI=1S/C24H13Cl3FNO4S/c25-14-7-8-16(19(27)11-14)23(31)33-15-4-1-3-13(9-15)10-21-22(30)29(24(32)34-21)12-17-18(26)5-2-6-20(17)28/h1-11H,12H2/b21-10-. The van der Waals surface area contributed by atoms with Gasteiger partial charge in [0.2, 0.25) is 0 Å². The number of rotatable bonds is 5. The maximum Gasteiger partial charge on any atom is 0.345 e. The number of hydrogen-bond donors (Lipinski definition) is 0. The van der Waals surface area contributed by atoms with Gasteiger partial charge >= 0.3 is 5.97 Å². The van der Waals surface area contributed by atoms with Crippen LogP contribution in [-0.2, 0) is 11.3 Å². The maximum absolute atomic E-state index is 14.1. The molecule has 0 saturated carbocycles. The summed E-state index contributed by atoms with van der Waals surface area (Å²) in [6.45, 7) is -0.285. The Bertz CT molecular complexity index is 1340. The van der Waals surface area contributed by atoms with Crippen molar-refractivity contribution in [1.29, 1.82) is 0 Å². The van der Waals surface area contributed by atoms with Crippen LogP contribution in [0.1, 0.15) is 21.5 Å². The normalized spacial score (nSPS) is 14.7. The first-order chi connectivity index (χ1) is 16.2. The van der Waals surface area contributed by atoms with Crippen LogP contribution in [0.4, 0.5) is 9.18 Å². The van der Waals surface area contributed by atoms with Crippen molar-refractivity contribution in [2.75, 3.05) is 0 Å². The predicted molar refractivity (Wildman–Crippen MR) is 131 cm³/mol. The molecule has 0 aliphatic carbocycles. The van der Waals surface area contributed by atoms with Crippen molar-refractivity contribution in [1.82, 2.24) is 4.90 Å². The van der Waals surface area contributed by atoms with Gasteiger partial charge in [0.1, 0.15) is 11.6 Å². The van der Waals surface area contributed by atoms with E-state index in [9.17, 15) is 18.8 Å². The van der Waals surface area contributed by atoms with E-state index in [0.717, 1.165) is 16.7 Å². The molecule has 4 rings (SSSR count). The minimum Gasteiger partial charge on any atom is -0.423 e. The molecule has 0 spiro atoms. The third-order valence-electron chi connectivity index (χ3n) is 4.77. The predicted octanol–water partition coefficient (Wildman–Crippen LogP) is 7.24. The largest absolute Gasteiger partial charge is 0.423 e. The van der Waals surface area contributed by atoms with Crippen molar-refractivity contribution >= 4 is 69.8 Å². The van der Waals surface area contributed by atoms with E-state index in [1.54, 1.807) is 18.2 Å². The monoisotopic (exact) mass is 535 g/mol. The zero-order chi connectivity index (χ0) is 24.4. The lowest BCUT2D eigenvalue weighted by Gasteiger charge is -2.14. The zero-order valence-corrected chi connectivity index (χ0v) is 20.1. The van der Waals surface area contributed by atoms with Gasteiger partial charge in [-0.05, 0) is 65.9 Å². The highest BCUT2D eigenvalue weighted by atomic mass is 35.5. The van der Waals surface area contributed by atoms with E-state index in [1.807, 2.05) is 0 Å². The lowest BCUT2D eigenvalue weighted by Crippen LogP contribution is -2.28. The van der Waals surface area contributed by atoms with E-state index in [0.29, 0.717) is 10.6 Å². The van der Waals surface area contributed by atoms with Gasteiger partial charge in [-0.25, -0.2) is 9.18 Å². The molecule has 1 saturated heterocycles. The summed E-state index contributed by atoms with van der Waals surface area (Å²) in [6.07, 6.45) is 1.49. The molecule has 0 bridgehead atoms. The number of halogens is 4. The molecule has 0 aromatic heterocycles. The van der Waals surface area contributed by atoms with Gasteiger partial charge in [-0.2, -0.15) is 0 Å². The van der Waals surface area contributed by atoms with Crippen molar-refractivity contribution in [3.8, 4) is 5.75 Å². The summed E-state index contributed by atoms with van der Waals surface area (Å²) in [6, 6.07) is 14.9. The number of hydrogen-bond acceptors (Lipinski definition) is 5. The van der Waals surface area contributed by atoms with Gasteiger partial charge in [0.05, 0.1) is 22.0 Å². The van der Waals surface area contributed by atoms with Crippen LogP contribution in [-0.4, -0.2) is 22.0 Å². The van der Waals surface area contributed by atoms with Crippen LogP contribution >= 0.6 is 46.6 Å². The number of benzene rings is 3. The number of ether oxygens (including phenoxy) is 1. The summed E-state index contributed by atoms with van der Waals surface area (Å²) in [5.74, 6) is -1.65. The van der Waals surface area contributed by atoms with Gasteiger partial charge in [-0.1, -0.05) is 53.0 Å². The summed E-state index contributed by atoms with van der Waals surface area (Å²) in [4.78, 5) is 38.7. The molecule has 1 aliphatic rings. The molecule has 0 atom stereocenters. The van der Waals surface area contributed by atoms with Gasteiger partial charge in [-0.3, -0.25) is 14.5 Å². The topological polar surface area (TPSA) is 63.7 Å². The van der Waals surface area contributed by atoms with E-state index >= 15 is 0 Å². The second-order valence-corrected chi connectivity index (χ2v) is 9.30. The van der Waals surface area contributed by atoms with Crippen LogP contribution in [0.25, 0.3) is 6.08 Å². The van der Waals surface area contributed by atoms with Crippen LogP contribution in [0.3, 0.4) is 0 Å². The first-order valence-corrected chi connectivity index (χ1v) is 11.6. The number of carbonyl (C=O) groups is 3. The zero-order valence-electron chi connectivity index (χ0n) is 17.1. The third kappa shape index (κ3) is 5.28. The lowest BCUT2D eigenvalue weighted by molar-refractivity contribution is -0.123. The molecule has 1 fully saturated rings. The fraction of sp³-hybridized carbons (Fsp3) is 0.0417. The molecular formula is C24H13Cl3FNO4S. The van der Waals surface area contributed by atoms with Gasteiger partial charge in [0.15, 0.2) is 0 Å². The molecule has 34 heavy (non-hydrogen) atoms. The first kappa shape index (κ1) is 24.3. The molecule has 0 radical (unpaired) electrons. The number of esters is 1. The highest BCUT2D eigenvalue weighted by Crippen LogP contribution is 2.35. The fourth-order valence-corrected chi connectivity index (χ4v) is 4.66. The second-order valence-electron chi connectivity index (χ2n) is 7.05. The van der Waals surface area contributed by atoms with Gasteiger partial charge in [0.25, 0.3) is 11.1 Å². The quantitative estimate of drug-likeness (QED) is 0.195. The Labute approximate surface area is 213 Å². The number of carbonyl (C=O) groups excluding carboxylic acids is 3. The first-order valence-electron chi connectivity index (χ1n) is 9.68. The minimum absolute atomic E-state index is 0.0579. The van der Waals surface area contributed by atoms with E-state index < -0.39 is 22.9 Å².